The number of rotatable bonds is 7. The van der Waals surface area contributed by atoms with Gasteiger partial charge < -0.3 is 5.32 Å². The molecule has 0 aliphatic carbocycles. The molecule has 1 aliphatic rings. The highest BCUT2D eigenvalue weighted by Gasteiger charge is 2.38. The molecule has 0 bridgehead atoms. The minimum atomic E-state index is -0.707. The maximum atomic E-state index is 12.7. The molecule has 31 heavy (non-hydrogen) atoms. The number of hydrogen-bond donors (Lipinski definition) is 1. The van der Waals surface area contributed by atoms with Gasteiger partial charge in [0.2, 0.25) is 5.91 Å². The van der Waals surface area contributed by atoms with Gasteiger partial charge in [-0.25, -0.2) is 0 Å². The second-order valence-corrected chi connectivity index (χ2v) is 8.29. The maximum Gasteiger partial charge on any atom is 0.270 e. The molecule has 3 amide bonds. The van der Waals surface area contributed by atoms with E-state index in [0.29, 0.717) is 5.92 Å². The standard InChI is InChI=1S/C23H25N3O5/c1-13(2)15-5-7-16(8-6-15)21(14(3)4)24-20(27)12-25-22(28)18-10-9-17(26(30)31)11-19(18)23(25)29/h5-11,13-14,21H,12H2,1-4H3,(H,24,27)/t21-/m1/s1. The van der Waals surface area contributed by atoms with E-state index < -0.39 is 29.2 Å². The quantitative estimate of drug-likeness (QED) is 0.413. The van der Waals surface area contributed by atoms with Crippen molar-refractivity contribution in [2.75, 3.05) is 6.54 Å². The molecule has 1 aliphatic heterocycles. The van der Waals surface area contributed by atoms with Crippen LogP contribution in [0.25, 0.3) is 0 Å². The number of carbonyl (C=O) groups is 3. The van der Waals surface area contributed by atoms with Gasteiger partial charge in [0.05, 0.1) is 22.1 Å². The molecule has 0 saturated carbocycles. The first kappa shape index (κ1) is 22.1. The third kappa shape index (κ3) is 4.47. The third-order valence-electron chi connectivity index (χ3n) is 5.41. The van der Waals surface area contributed by atoms with Crippen molar-refractivity contribution in [1.29, 1.82) is 0 Å². The van der Waals surface area contributed by atoms with Gasteiger partial charge in [0.15, 0.2) is 0 Å². The van der Waals surface area contributed by atoms with Gasteiger partial charge in [0.25, 0.3) is 17.5 Å². The smallest absolute Gasteiger partial charge is 0.270 e. The molecule has 8 nitrogen and oxygen atoms in total. The van der Waals surface area contributed by atoms with Gasteiger partial charge in [-0.2, -0.15) is 0 Å². The number of non-ortho nitro benzene ring substituents is 1. The number of nitrogens with zero attached hydrogens (tertiary/aromatic N) is 2. The highest BCUT2D eigenvalue weighted by molar-refractivity contribution is 6.22. The summed E-state index contributed by atoms with van der Waals surface area (Å²) in [7, 11) is 0. The summed E-state index contributed by atoms with van der Waals surface area (Å²) in [5.41, 5.74) is 1.85. The number of hydrogen-bond acceptors (Lipinski definition) is 5. The van der Waals surface area contributed by atoms with Gasteiger partial charge in [0.1, 0.15) is 6.54 Å². The minimum absolute atomic E-state index is 0.0586. The number of carbonyl (C=O) groups excluding carboxylic acids is 3. The van der Waals surface area contributed by atoms with Crippen molar-refractivity contribution in [3.63, 3.8) is 0 Å². The topological polar surface area (TPSA) is 110 Å². The second-order valence-electron chi connectivity index (χ2n) is 8.29. The molecule has 162 valence electrons. The van der Waals surface area contributed by atoms with Crippen LogP contribution >= 0.6 is 0 Å². The van der Waals surface area contributed by atoms with Crippen LogP contribution < -0.4 is 5.32 Å². The molecule has 0 spiro atoms. The first-order valence-corrected chi connectivity index (χ1v) is 10.1. The first-order valence-electron chi connectivity index (χ1n) is 10.1. The van der Waals surface area contributed by atoms with Crippen LogP contribution in [0.15, 0.2) is 42.5 Å². The van der Waals surface area contributed by atoms with Crippen LogP contribution in [0.5, 0.6) is 0 Å². The number of fused-ring (bicyclic) bond motifs is 1. The van der Waals surface area contributed by atoms with Crippen LogP contribution in [0.3, 0.4) is 0 Å². The monoisotopic (exact) mass is 423 g/mol. The van der Waals surface area contributed by atoms with E-state index in [2.05, 4.69) is 19.2 Å². The van der Waals surface area contributed by atoms with E-state index in [1.165, 1.54) is 17.7 Å². The zero-order valence-electron chi connectivity index (χ0n) is 17.9. The fourth-order valence-electron chi connectivity index (χ4n) is 3.62. The highest BCUT2D eigenvalue weighted by Crippen LogP contribution is 2.27. The predicted octanol–water partition coefficient (Wildman–Crippen LogP) is 3.83. The van der Waals surface area contributed by atoms with Gasteiger partial charge in [-0.1, -0.05) is 52.0 Å². The summed E-state index contributed by atoms with van der Waals surface area (Å²) in [5.74, 6) is -1.34. The Bertz CT molecular complexity index is 1040. The minimum Gasteiger partial charge on any atom is -0.347 e. The molecule has 0 saturated heterocycles. The molecule has 1 heterocycles. The largest absolute Gasteiger partial charge is 0.347 e. The van der Waals surface area contributed by atoms with Crippen molar-refractivity contribution in [3.8, 4) is 0 Å². The van der Waals surface area contributed by atoms with Crippen LogP contribution in [0, 0.1) is 16.0 Å². The molecule has 8 heteroatoms. The van der Waals surface area contributed by atoms with E-state index in [9.17, 15) is 24.5 Å². The predicted molar refractivity (Wildman–Crippen MR) is 115 cm³/mol. The van der Waals surface area contributed by atoms with Crippen LogP contribution in [-0.2, 0) is 4.79 Å². The number of imide groups is 1. The molecule has 3 rings (SSSR count). The fraction of sp³-hybridized carbons (Fsp3) is 0.348. The summed E-state index contributed by atoms with van der Waals surface area (Å²) in [4.78, 5) is 49.0. The molecule has 2 aromatic rings. The van der Waals surface area contributed by atoms with Crippen LogP contribution in [0.1, 0.15) is 71.5 Å². The van der Waals surface area contributed by atoms with E-state index in [1.807, 2.05) is 38.1 Å². The lowest BCUT2D eigenvalue weighted by atomic mass is 9.93. The number of nitro groups is 1. The normalized spacial score (nSPS) is 14.2. The Kier molecular flexibility index (Phi) is 6.19. The van der Waals surface area contributed by atoms with Crippen LogP contribution in [0.4, 0.5) is 5.69 Å². The number of nitro benzene ring substituents is 1. The average molecular weight is 423 g/mol. The SMILES string of the molecule is CC(C)c1ccc([C@H](NC(=O)CN2C(=O)c3ccc([N+](=O)[O-])cc3C2=O)C(C)C)cc1. The van der Waals surface area contributed by atoms with E-state index in [0.717, 1.165) is 16.5 Å². The molecule has 0 fully saturated rings. The summed E-state index contributed by atoms with van der Waals surface area (Å²) in [6.45, 7) is 7.71. The van der Waals surface area contributed by atoms with Gasteiger partial charge in [-0.3, -0.25) is 29.4 Å². The van der Waals surface area contributed by atoms with Crippen molar-refractivity contribution in [2.45, 2.75) is 39.7 Å². The van der Waals surface area contributed by atoms with Gasteiger partial charge in [0, 0.05) is 12.1 Å². The number of nitrogens with one attached hydrogen (secondary N) is 1. The Hall–Kier alpha value is -3.55. The summed E-state index contributed by atoms with van der Waals surface area (Å²) in [6.07, 6.45) is 0. The van der Waals surface area contributed by atoms with Crippen molar-refractivity contribution in [3.05, 3.63) is 74.8 Å². The summed E-state index contributed by atoms with van der Waals surface area (Å²) >= 11 is 0. The number of benzene rings is 2. The fourth-order valence-corrected chi connectivity index (χ4v) is 3.62. The van der Waals surface area contributed by atoms with Gasteiger partial charge in [-0.15, -0.1) is 0 Å². The maximum absolute atomic E-state index is 12.7. The molecule has 0 radical (unpaired) electrons. The molecule has 2 aromatic carbocycles. The molecule has 1 atom stereocenters. The van der Waals surface area contributed by atoms with Crippen molar-refractivity contribution >= 4 is 23.4 Å². The van der Waals surface area contributed by atoms with Crippen molar-refractivity contribution in [1.82, 2.24) is 10.2 Å². The highest BCUT2D eigenvalue weighted by atomic mass is 16.6. The zero-order valence-corrected chi connectivity index (χ0v) is 17.9. The average Bonchev–Trinajstić information content (AvgIpc) is 2.96. The van der Waals surface area contributed by atoms with Gasteiger partial charge in [-0.05, 0) is 29.0 Å². The van der Waals surface area contributed by atoms with Crippen molar-refractivity contribution < 1.29 is 19.3 Å². The Morgan fingerprint density at radius 2 is 1.55 bits per heavy atom. The summed E-state index contributed by atoms with van der Waals surface area (Å²) in [6, 6.07) is 11.2. The van der Waals surface area contributed by atoms with E-state index in [1.54, 1.807) is 0 Å². The van der Waals surface area contributed by atoms with Crippen molar-refractivity contribution in [2.24, 2.45) is 5.92 Å². The molecule has 1 N–H and O–H groups in total. The van der Waals surface area contributed by atoms with E-state index >= 15 is 0 Å². The lowest BCUT2D eigenvalue weighted by Crippen LogP contribution is -2.42. The second kappa shape index (κ2) is 8.67. The zero-order chi connectivity index (χ0) is 22.9. The molecular weight excluding hydrogens is 398 g/mol. The van der Waals surface area contributed by atoms with Crippen LogP contribution in [-0.4, -0.2) is 34.1 Å². The van der Waals surface area contributed by atoms with Gasteiger partial charge >= 0.3 is 0 Å². The molecule has 0 aromatic heterocycles. The third-order valence-corrected chi connectivity index (χ3v) is 5.41. The summed E-state index contributed by atoms with van der Waals surface area (Å²) < 4.78 is 0. The Balaban J connectivity index is 1.75. The Morgan fingerprint density at radius 3 is 2.10 bits per heavy atom. The summed E-state index contributed by atoms with van der Waals surface area (Å²) in [5, 5.41) is 13.9. The first-order chi connectivity index (χ1) is 14.6. The number of amides is 3. The van der Waals surface area contributed by atoms with E-state index in [4.69, 9.17) is 0 Å². The lowest BCUT2D eigenvalue weighted by Gasteiger charge is -2.24. The Morgan fingerprint density at radius 1 is 0.968 bits per heavy atom. The van der Waals surface area contributed by atoms with Crippen LogP contribution in [0.2, 0.25) is 0 Å². The molecular formula is C23H25N3O5. The Labute approximate surface area is 180 Å². The lowest BCUT2D eigenvalue weighted by molar-refractivity contribution is -0.384. The molecule has 0 unspecified atom stereocenters. The van der Waals surface area contributed by atoms with E-state index in [-0.39, 0.29) is 28.8 Å².